The lowest BCUT2D eigenvalue weighted by Gasteiger charge is -2.33. The number of hydrogen-bond acceptors (Lipinski definition) is 3. The predicted molar refractivity (Wildman–Crippen MR) is 102 cm³/mol. The SMILES string of the molecule is O=C(C=Cc1ccccc1OC(F)(F)F)NC1CCN(CC2CCCC2)CC1. The van der Waals surface area contributed by atoms with Crippen LogP contribution >= 0.6 is 0 Å². The predicted octanol–water partition coefficient (Wildman–Crippen LogP) is 4.37. The van der Waals surface area contributed by atoms with Gasteiger partial charge in [0.15, 0.2) is 0 Å². The maximum Gasteiger partial charge on any atom is 0.573 e. The van der Waals surface area contributed by atoms with Crippen molar-refractivity contribution in [2.75, 3.05) is 19.6 Å². The molecule has 1 aliphatic carbocycles. The topological polar surface area (TPSA) is 41.6 Å². The first-order chi connectivity index (χ1) is 13.4. The molecule has 0 radical (unpaired) electrons. The number of carbonyl (C=O) groups excluding carboxylic acids is 1. The first kappa shape index (κ1) is 20.7. The van der Waals surface area contributed by atoms with Crippen LogP contribution in [-0.4, -0.2) is 42.8 Å². The Morgan fingerprint density at radius 1 is 1.14 bits per heavy atom. The van der Waals surface area contributed by atoms with E-state index in [-0.39, 0.29) is 23.3 Å². The zero-order valence-electron chi connectivity index (χ0n) is 15.9. The molecule has 1 N–H and O–H groups in total. The highest BCUT2D eigenvalue weighted by atomic mass is 19.4. The van der Waals surface area contributed by atoms with Gasteiger partial charge in [0.2, 0.25) is 5.91 Å². The molecular weight excluding hydrogens is 369 g/mol. The van der Waals surface area contributed by atoms with E-state index in [1.54, 1.807) is 6.07 Å². The number of rotatable bonds is 6. The van der Waals surface area contributed by atoms with Crippen LogP contribution in [0.25, 0.3) is 6.08 Å². The lowest BCUT2D eigenvalue weighted by Crippen LogP contribution is -2.45. The summed E-state index contributed by atoms with van der Waals surface area (Å²) in [5, 5.41) is 2.96. The molecule has 0 bridgehead atoms. The Labute approximate surface area is 163 Å². The van der Waals surface area contributed by atoms with E-state index in [1.165, 1.54) is 56.0 Å². The third-order valence-corrected chi connectivity index (χ3v) is 5.48. The largest absolute Gasteiger partial charge is 0.573 e. The second kappa shape index (κ2) is 9.45. The summed E-state index contributed by atoms with van der Waals surface area (Å²) >= 11 is 0. The van der Waals surface area contributed by atoms with Crippen molar-refractivity contribution >= 4 is 12.0 Å². The van der Waals surface area contributed by atoms with Crippen LogP contribution in [0.5, 0.6) is 5.75 Å². The van der Waals surface area contributed by atoms with E-state index in [2.05, 4.69) is 15.0 Å². The maximum atomic E-state index is 12.5. The zero-order valence-corrected chi connectivity index (χ0v) is 15.9. The van der Waals surface area contributed by atoms with Gasteiger partial charge in [-0.2, -0.15) is 0 Å². The molecule has 28 heavy (non-hydrogen) atoms. The second-order valence-corrected chi connectivity index (χ2v) is 7.65. The maximum absolute atomic E-state index is 12.5. The Morgan fingerprint density at radius 3 is 2.50 bits per heavy atom. The molecular formula is C21H27F3N2O2. The number of para-hydroxylation sites is 1. The van der Waals surface area contributed by atoms with Crippen molar-refractivity contribution in [3.8, 4) is 5.75 Å². The molecule has 1 amide bonds. The van der Waals surface area contributed by atoms with Gasteiger partial charge in [-0.15, -0.1) is 13.2 Å². The zero-order chi connectivity index (χ0) is 20.0. The summed E-state index contributed by atoms with van der Waals surface area (Å²) in [5.41, 5.74) is 0.210. The van der Waals surface area contributed by atoms with Crippen molar-refractivity contribution in [1.29, 1.82) is 0 Å². The summed E-state index contributed by atoms with van der Waals surface area (Å²) in [7, 11) is 0. The molecule has 0 aromatic heterocycles. The molecule has 1 aliphatic heterocycles. The van der Waals surface area contributed by atoms with Gasteiger partial charge in [0.1, 0.15) is 5.75 Å². The molecule has 1 saturated heterocycles. The number of nitrogens with one attached hydrogen (secondary N) is 1. The van der Waals surface area contributed by atoms with Gasteiger partial charge in [0.05, 0.1) is 0 Å². The van der Waals surface area contributed by atoms with Crippen LogP contribution in [0, 0.1) is 5.92 Å². The van der Waals surface area contributed by atoms with Crippen LogP contribution in [0.3, 0.4) is 0 Å². The van der Waals surface area contributed by atoms with E-state index in [0.29, 0.717) is 0 Å². The molecule has 1 aromatic carbocycles. The minimum Gasteiger partial charge on any atom is -0.405 e. The van der Waals surface area contributed by atoms with Crippen LogP contribution in [0.1, 0.15) is 44.1 Å². The lowest BCUT2D eigenvalue weighted by atomic mass is 10.0. The number of likely N-dealkylation sites (tertiary alicyclic amines) is 1. The van der Waals surface area contributed by atoms with Crippen molar-refractivity contribution in [2.45, 2.75) is 50.9 Å². The molecule has 0 unspecified atom stereocenters. The average Bonchev–Trinajstić information content (AvgIpc) is 3.14. The van der Waals surface area contributed by atoms with E-state index in [4.69, 9.17) is 0 Å². The van der Waals surface area contributed by atoms with E-state index in [9.17, 15) is 18.0 Å². The molecule has 0 atom stereocenters. The number of benzene rings is 1. The number of halogens is 3. The Morgan fingerprint density at radius 2 is 1.82 bits per heavy atom. The van der Waals surface area contributed by atoms with Crippen LogP contribution in [0.4, 0.5) is 13.2 Å². The minimum absolute atomic E-state index is 0.110. The Kier molecular flexibility index (Phi) is 6.99. The summed E-state index contributed by atoms with van der Waals surface area (Å²) in [5.74, 6) is 0.211. The standard InChI is InChI=1S/C21H27F3N2O2/c22-21(23,24)28-19-8-4-3-7-17(19)9-10-20(27)25-18-11-13-26(14-12-18)15-16-5-1-2-6-16/h3-4,7-10,16,18H,1-2,5-6,11-15H2,(H,25,27). The average molecular weight is 396 g/mol. The normalized spacial score (nSPS) is 20.0. The molecule has 1 saturated carbocycles. The fourth-order valence-corrected chi connectivity index (χ4v) is 4.07. The molecule has 4 nitrogen and oxygen atoms in total. The van der Waals surface area contributed by atoms with Crippen molar-refractivity contribution < 1.29 is 22.7 Å². The van der Waals surface area contributed by atoms with E-state index < -0.39 is 6.36 Å². The Hall–Kier alpha value is -2.02. The summed E-state index contributed by atoms with van der Waals surface area (Å²) in [6.07, 6.45) is 5.03. The summed E-state index contributed by atoms with van der Waals surface area (Å²) < 4.78 is 41.4. The highest BCUT2D eigenvalue weighted by Crippen LogP contribution is 2.28. The molecule has 0 spiro atoms. The molecule has 154 valence electrons. The molecule has 2 aliphatic rings. The van der Waals surface area contributed by atoms with Crippen LogP contribution in [0.2, 0.25) is 0 Å². The minimum atomic E-state index is -4.77. The van der Waals surface area contributed by atoms with Crippen LogP contribution in [-0.2, 0) is 4.79 Å². The van der Waals surface area contributed by atoms with Crippen LogP contribution in [0.15, 0.2) is 30.3 Å². The number of hydrogen-bond donors (Lipinski definition) is 1. The number of alkyl halides is 3. The van der Waals surface area contributed by atoms with Gasteiger partial charge in [-0.25, -0.2) is 0 Å². The van der Waals surface area contributed by atoms with Crippen molar-refractivity contribution in [2.24, 2.45) is 5.92 Å². The second-order valence-electron chi connectivity index (χ2n) is 7.65. The summed E-state index contributed by atoms with van der Waals surface area (Å²) in [6.45, 7) is 3.12. The first-order valence-electron chi connectivity index (χ1n) is 9.95. The van der Waals surface area contributed by atoms with Gasteiger partial charge in [-0.3, -0.25) is 4.79 Å². The van der Waals surface area contributed by atoms with E-state index >= 15 is 0 Å². The molecule has 2 fully saturated rings. The van der Waals surface area contributed by atoms with Crippen molar-refractivity contribution in [3.05, 3.63) is 35.9 Å². The van der Waals surface area contributed by atoms with Crippen LogP contribution < -0.4 is 10.1 Å². The molecule has 1 aromatic rings. The lowest BCUT2D eigenvalue weighted by molar-refractivity contribution is -0.274. The van der Waals surface area contributed by atoms with E-state index in [0.717, 1.165) is 38.4 Å². The van der Waals surface area contributed by atoms with Crippen molar-refractivity contribution in [1.82, 2.24) is 10.2 Å². The quantitative estimate of drug-likeness (QED) is 0.726. The van der Waals surface area contributed by atoms with Gasteiger partial charge in [-0.05, 0) is 43.7 Å². The monoisotopic (exact) mass is 396 g/mol. The van der Waals surface area contributed by atoms with Gasteiger partial charge in [0.25, 0.3) is 0 Å². The van der Waals surface area contributed by atoms with Crippen molar-refractivity contribution in [3.63, 3.8) is 0 Å². The van der Waals surface area contributed by atoms with Gasteiger partial charge in [-0.1, -0.05) is 31.0 Å². The fraction of sp³-hybridized carbons (Fsp3) is 0.571. The molecule has 7 heteroatoms. The number of carbonyl (C=O) groups is 1. The number of ether oxygens (including phenoxy) is 1. The van der Waals surface area contributed by atoms with E-state index in [1.807, 2.05) is 0 Å². The first-order valence-corrected chi connectivity index (χ1v) is 9.95. The number of amides is 1. The molecule has 3 rings (SSSR count). The van der Waals surface area contributed by atoms with Gasteiger partial charge < -0.3 is 15.0 Å². The smallest absolute Gasteiger partial charge is 0.405 e. The Balaban J connectivity index is 1.46. The third kappa shape index (κ3) is 6.55. The van der Waals surface area contributed by atoms with Gasteiger partial charge in [0, 0.05) is 37.3 Å². The summed E-state index contributed by atoms with van der Waals surface area (Å²) in [6, 6.07) is 5.87. The molecule has 1 heterocycles. The van der Waals surface area contributed by atoms with Gasteiger partial charge >= 0.3 is 6.36 Å². The highest BCUT2D eigenvalue weighted by molar-refractivity contribution is 5.92. The summed E-state index contributed by atoms with van der Waals surface area (Å²) in [4.78, 5) is 14.7. The number of nitrogens with zero attached hydrogens (tertiary/aromatic N) is 1. The number of piperidine rings is 1. The fourth-order valence-electron chi connectivity index (χ4n) is 4.07. The third-order valence-electron chi connectivity index (χ3n) is 5.48. The Bertz CT molecular complexity index is 676. The highest BCUT2D eigenvalue weighted by Gasteiger charge is 2.31.